The van der Waals surface area contributed by atoms with Crippen molar-refractivity contribution in [3.63, 3.8) is 0 Å². The number of nitrogens with zero attached hydrogens (tertiary/aromatic N) is 2. The number of carbonyl (C=O) groups is 1. The molecule has 3 rings (SSSR count). The van der Waals surface area contributed by atoms with E-state index in [9.17, 15) is 4.79 Å². The first-order valence-electron chi connectivity index (χ1n) is 8.63. The highest BCUT2D eigenvalue weighted by atomic mass is 16.5. The van der Waals surface area contributed by atoms with Crippen LogP contribution in [0.1, 0.15) is 15.9 Å². The van der Waals surface area contributed by atoms with Crippen LogP contribution in [0, 0.1) is 0 Å². The molecule has 0 atom stereocenters. The molecule has 1 aromatic carbocycles. The van der Waals surface area contributed by atoms with Crippen molar-refractivity contribution in [1.29, 1.82) is 0 Å². The Morgan fingerprint density at radius 3 is 2.68 bits per heavy atom. The molecule has 1 amide bonds. The van der Waals surface area contributed by atoms with Crippen molar-refractivity contribution >= 4 is 11.6 Å². The highest BCUT2D eigenvalue weighted by Gasteiger charge is 2.13. The Morgan fingerprint density at radius 2 is 1.88 bits per heavy atom. The summed E-state index contributed by atoms with van der Waals surface area (Å²) in [6, 6.07) is 11.5. The Bertz CT molecular complexity index is 672. The maximum Gasteiger partial charge on any atom is 0.253 e. The predicted octanol–water partition coefficient (Wildman–Crippen LogP) is 1.76. The van der Waals surface area contributed by atoms with E-state index in [1.54, 1.807) is 12.4 Å². The summed E-state index contributed by atoms with van der Waals surface area (Å²) in [4.78, 5) is 18.8. The number of nitrogens with one attached hydrogen (secondary N) is 2. The number of carbonyl (C=O) groups excluding carboxylic acids is 1. The van der Waals surface area contributed by atoms with Crippen molar-refractivity contribution in [3.05, 3.63) is 59.9 Å². The van der Waals surface area contributed by atoms with Gasteiger partial charge in [0.1, 0.15) is 0 Å². The molecule has 0 spiro atoms. The topological polar surface area (TPSA) is 66.5 Å². The van der Waals surface area contributed by atoms with Gasteiger partial charge in [0.15, 0.2) is 0 Å². The monoisotopic (exact) mass is 340 g/mol. The smallest absolute Gasteiger partial charge is 0.253 e. The minimum absolute atomic E-state index is 0.0499. The molecular weight excluding hydrogens is 316 g/mol. The van der Waals surface area contributed by atoms with Gasteiger partial charge in [-0.05, 0) is 29.8 Å². The van der Waals surface area contributed by atoms with Crippen molar-refractivity contribution < 1.29 is 9.53 Å². The number of morpholine rings is 1. The van der Waals surface area contributed by atoms with Crippen LogP contribution in [0.25, 0.3) is 0 Å². The van der Waals surface area contributed by atoms with Crippen LogP contribution in [0.5, 0.6) is 0 Å². The van der Waals surface area contributed by atoms with Crippen LogP contribution in [0.2, 0.25) is 0 Å². The van der Waals surface area contributed by atoms with E-state index < -0.39 is 0 Å². The summed E-state index contributed by atoms with van der Waals surface area (Å²) in [5.74, 6) is -0.0499. The minimum atomic E-state index is -0.0499. The maximum absolute atomic E-state index is 12.5. The van der Waals surface area contributed by atoms with Gasteiger partial charge in [0, 0.05) is 50.8 Å². The van der Waals surface area contributed by atoms with Gasteiger partial charge in [-0.2, -0.15) is 0 Å². The number of benzene rings is 1. The summed E-state index contributed by atoms with van der Waals surface area (Å²) in [5.41, 5.74) is 2.62. The molecule has 1 aliphatic rings. The molecule has 1 fully saturated rings. The number of hydrogen-bond acceptors (Lipinski definition) is 5. The van der Waals surface area contributed by atoms with Gasteiger partial charge in [0.05, 0.1) is 18.8 Å². The maximum atomic E-state index is 12.5. The first-order valence-corrected chi connectivity index (χ1v) is 8.63. The number of aromatic nitrogens is 1. The van der Waals surface area contributed by atoms with Crippen LogP contribution in [0.15, 0.2) is 48.8 Å². The van der Waals surface area contributed by atoms with Crippen LogP contribution in [0.3, 0.4) is 0 Å². The number of amides is 1. The van der Waals surface area contributed by atoms with Crippen LogP contribution in [-0.2, 0) is 11.3 Å². The van der Waals surface area contributed by atoms with E-state index in [4.69, 9.17) is 4.74 Å². The number of rotatable bonds is 7. The second-order valence-electron chi connectivity index (χ2n) is 5.96. The summed E-state index contributed by atoms with van der Waals surface area (Å²) in [6.45, 7) is 5.55. The largest absolute Gasteiger partial charge is 0.380 e. The quantitative estimate of drug-likeness (QED) is 0.804. The molecular formula is C19H24N4O2. The number of anilines is 1. The molecule has 0 saturated carbocycles. The Morgan fingerprint density at radius 1 is 1.12 bits per heavy atom. The molecule has 0 unspecified atom stereocenters. The van der Waals surface area contributed by atoms with Crippen LogP contribution < -0.4 is 10.6 Å². The van der Waals surface area contributed by atoms with Gasteiger partial charge in [-0.1, -0.05) is 12.1 Å². The van der Waals surface area contributed by atoms with Gasteiger partial charge in [-0.3, -0.25) is 14.7 Å². The summed E-state index contributed by atoms with van der Waals surface area (Å²) in [6.07, 6.45) is 3.53. The molecule has 0 bridgehead atoms. The lowest BCUT2D eigenvalue weighted by atomic mass is 10.1. The first-order chi connectivity index (χ1) is 12.3. The Hall–Kier alpha value is -2.44. The third-order valence-electron chi connectivity index (χ3n) is 4.22. The van der Waals surface area contributed by atoms with Gasteiger partial charge < -0.3 is 15.4 Å². The van der Waals surface area contributed by atoms with E-state index in [0.29, 0.717) is 18.7 Å². The first kappa shape index (κ1) is 17.4. The summed E-state index contributed by atoms with van der Waals surface area (Å²) in [7, 11) is 0. The fourth-order valence-electron chi connectivity index (χ4n) is 2.78. The van der Waals surface area contributed by atoms with Crippen LogP contribution >= 0.6 is 0 Å². The SMILES string of the molecule is O=C(NCCN1CCOCC1)c1ccccc1NCc1ccncc1. The lowest BCUT2D eigenvalue weighted by Crippen LogP contribution is -2.41. The van der Waals surface area contributed by atoms with E-state index in [-0.39, 0.29) is 5.91 Å². The van der Waals surface area contributed by atoms with E-state index in [2.05, 4.69) is 20.5 Å². The molecule has 0 aliphatic carbocycles. The van der Waals surface area contributed by atoms with Crippen LogP contribution in [-0.4, -0.2) is 55.2 Å². The molecule has 25 heavy (non-hydrogen) atoms. The van der Waals surface area contributed by atoms with E-state index in [0.717, 1.165) is 44.1 Å². The van der Waals surface area contributed by atoms with Crippen molar-refractivity contribution in [1.82, 2.24) is 15.2 Å². The van der Waals surface area contributed by atoms with Gasteiger partial charge in [-0.25, -0.2) is 0 Å². The molecule has 1 aromatic heterocycles. The molecule has 0 radical (unpaired) electrons. The normalized spacial score (nSPS) is 14.9. The number of ether oxygens (including phenoxy) is 1. The zero-order valence-corrected chi connectivity index (χ0v) is 14.3. The summed E-state index contributed by atoms with van der Waals surface area (Å²) >= 11 is 0. The summed E-state index contributed by atoms with van der Waals surface area (Å²) < 4.78 is 5.33. The third-order valence-corrected chi connectivity index (χ3v) is 4.22. The second kappa shape index (κ2) is 9.15. The number of para-hydroxylation sites is 1. The van der Waals surface area contributed by atoms with E-state index >= 15 is 0 Å². The number of hydrogen-bond donors (Lipinski definition) is 2. The molecule has 1 aliphatic heterocycles. The van der Waals surface area contributed by atoms with E-state index in [1.165, 1.54) is 0 Å². The molecule has 1 saturated heterocycles. The van der Waals surface area contributed by atoms with E-state index in [1.807, 2.05) is 36.4 Å². The Kier molecular flexibility index (Phi) is 6.36. The van der Waals surface area contributed by atoms with Gasteiger partial charge in [0.2, 0.25) is 0 Å². The van der Waals surface area contributed by atoms with Gasteiger partial charge in [0.25, 0.3) is 5.91 Å². The highest BCUT2D eigenvalue weighted by Crippen LogP contribution is 2.16. The van der Waals surface area contributed by atoms with Crippen LogP contribution in [0.4, 0.5) is 5.69 Å². The van der Waals surface area contributed by atoms with Gasteiger partial charge in [-0.15, -0.1) is 0 Å². The van der Waals surface area contributed by atoms with Gasteiger partial charge >= 0.3 is 0 Å². The molecule has 6 heteroatoms. The zero-order valence-electron chi connectivity index (χ0n) is 14.3. The lowest BCUT2D eigenvalue weighted by molar-refractivity contribution is 0.0383. The average Bonchev–Trinajstić information content (AvgIpc) is 2.68. The Balaban J connectivity index is 1.53. The van der Waals surface area contributed by atoms with Crippen molar-refractivity contribution in [2.45, 2.75) is 6.54 Å². The molecule has 2 heterocycles. The highest BCUT2D eigenvalue weighted by molar-refractivity contribution is 5.99. The van der Waals surface area contributed by atoms with Crippen molar-refractivity contribution in [2.75, 3.05) is 44.7 Å². The minimum Gasteiger partial charge on any atom is -0.380 e. The summed E-state index contributed by atoms with van der Waals surface area (Å²) in [5, 5.41) is 6.35. The zero-order chi connectivity index (χ0) is 17.3. The molecule has 2 N–H and O–H groups in total. The fourth-order valence-corrected chi connectivity index (χ4v) is 2.78. The fraction of sp³-hybridized carbons (Fsp3) is 0.368. The lowest BCUT2D eigenvalue weighted by Gasteiger charge is -2.26. The van der Waals surface area contributed by atoms with Crippen molar-refractivity contribution in [2.24, 2.45) is 0 Å². The number of pyridine rings is 1. The predicted molar refractivity (Wildman–Crippen MR) is 97.6 cm³/mol. The van der Waals surface area contributed by atoms with Crippen molar-refractivity contribution in [3.8, 4) is 0 Å². The Labute approximate surface area is 148 Å². The standard InChI is InChI=1S/C19H24N4O2/c24-19(21-9-10-23-11-13-25-14-12-23)17-3-1-2-4-18(17)22-15-16-5-7-20-8-6-16/h1-8,22H,9-15H2,(H,21,24). The molecule has 132 valence electrons. The third kappa shape index (κ3) is 5.27. The average molecular weight is 340 g/mol. The molecule has 6 nitrogen and oxygen atoms in total. The molecule has 2 aromatic rings. The second-order valence-corrected chi connectivity index (χ2v) is 5.96.